The molecule has 1 saturated heterocycles. The maximum absolute atomic E-state index is 13.0. The second kappa shape index (κ2) is 7.98. The number of sulfonamides is 1. The number of para-hydroxylation sites is 1. The molecule has 6 nitrogen and oxygen atoms in total. The fourth-order valence-corrected chi connectivity index (χ4v) is 4.84. The Bertz CT molecular complexity index is 954. The number of carbonyl (C=O) groups is 1. The number of carbonyl (C=O) groups excluding carboxylic acids is 1. The molecule has 8 heteroatoms. The molecule has 1 aliphatic rings. The van der Waals surface area contributed by atoms with Crippen LogP contribution >= 0.6 is 11.6 Å². The quantitative estimate of drug-likeness (QED) is 0.846. The Kier molecular flexibility index (Phi) is 5.86. The van der Waals surface area contributed by atoms with Crippen LogP contribution in [0.1, 0.15) is 15.9 Å². The minimum absolute atomic E-state index is 0.0360. The molecule has 0 aliphatic carbocycles. The van der Waals surface area contributed by atoms with Crippen molar-refractivity contribution in [2.75, 3.05) is 38.5 Å². The Morgan fingerprint density at radius 1 is 1.07 bits per heavy atom. The predicted octanol–water partition coefficient (Wildman–Crippen LogP) is 2.84. The zero-order valence-electron chi connectivity index (χ0n) is 15.3. The molecule has 1 aliphatic heterocycles. The van der Waals surface area contributed by atoms with E-state index in [9.17, 15) is 13.2 Å². The predicted molar refractivity (Wildman–Crippen MR) is 107 cm³/mol. The first kappa shape index (κ1) is 19.8. The number of benzene rings is 2. The van der Waals surface area contributed by atoms with Crippen LogP contribution in [0.5, 0.6) is 0 Å². The molecule has 1 N–H and O–H groups in total. The van der Waals surface area contributed by atoms with Gasteiger partial charge < -0.3 is 10.2 Å². The fourth-order valence-electron chi connectivity index (χ4n) is 2.92. The van der Waals surface area contributed by atoms with Gasteiger partial charge in [-0.25, -0.2) is 8.42 Å². The first-order chi connectivity index (χ1) is 12.8. The van der Waals surface area contributed by atoms with Crippen molar-refractivity contribution in [1.29, 1.82) is 0 Å². The van der Waals surface area contributed by atoms with Gasteiger partial charge in [0.1, 0.15) is 4.90 Å². The molecule has 1 fully saturated rings. The normalized spacial score (nSPS) is 16.3. The van der Waals surface area contributed by atoms with Crippen molar-refractivity contribution in [3.63, 3.8) is 0 Å². The summed E-state index contributed by atoms with van der Waals surface area (Å²) in [4.78, 5) is 14.6. The summed E-state index contributed by atoms with van der Waals surface area (Å²) in [5.74, 6) is -0.379. The monoisotopic (exact) mass is 407 g/mol. The van der Waals surface area contributed by atoms with Crippen LogP contribution in [-0.2, 0) is 10.0 Å². The van der Waals surface area contributed by atoms with E-state index in [0.717, 1.165) is 5.56 Å². The van der Waals surface area contributed by atoms with Crippen LogP contribution < -0.4 is 5.32 Å². The summed E-state index contributed by atoms with van der Waals surface area (Å²) in [7, 11) is -1.81. The summed E-state index contributed by atoms with van der Waals surface area (Å²) in [5.41, 5.74) is 1.85. The van der Waals surface area contributed by atoms with Crippen molar-refractivity contribution in [3.8, 4) is 0 Å². The van der Waals surface area contributed by atoms with Gasteiger partial charge in [0.05, 0.1) is 5.02 Å². The van der Waals surface area contributed by atoms with E-state index in [2.05, 4.69) is 10.2 Å². The molecule has 0 spiro atoms. The Morgan fingerprint density at radius 2 is 1.74 bits per heavy atom. The highest BCUT2D eigenvalue weighted by molar-refractivity contribution is 7.89. The lowest BCUT2D eigenvalue weighted by Crippen LogP contribution is -2.47. The molecule has 3 rings (SSSR count). The number of nitrogens with zero attached hydrogens (tertiary/aromatic N) is 2. The van der Waals surface area contributed by atoms with Crippen LogP contribution in [0.2, 0.25) is 5.02 Å². The maximum atomic E-state index is 13.0. The molecule has 0 atom stereocenters. The molecule has 0 saturated carbocycles. The molecule has 0 radical (unpaired) electrons. The third-order valence-corrected chi connectivity index (χ3v) is 7.05. The number of hydrogen-bond donors (Lipinski definition) is 1. The molecular formula is C19H22ClN3O3S. The van der Waals surface area contributed by atoms with E-state index in [-0.39, 0.29) is 21.4 Å². The van der Waals surface area contributed by atoms with Gasteiger partial charge in [0, 0.05) is 37.4 Å². The van der Waals surface area contributed by atoms with Crippen LogP contribution in [0.25, 0.3) is 0 Å². The standard InChI is InChI=1S/C19H22ClN3O3S/c1-14-5-3-4-6-17(14)21-19(24)15-7-8-16(20)18(13-15)27(25,26)23-11-9-22(2)10-12-23/h3-8,13H,9-12H2,1-2H3,(H,21,24). The first-order valence-electron chi connectivity index (χ1n) is 8.64. The molecular weight excluding hydrogens is 386 g/mol. The summed E-state index contributed by atoms with van der Waals surface area (Å²) in [6.45, 7) is 4.00. The molecule has 2 aromatic carbocycles. The summed E-state index contributed by atoms with van der Waals surface area (Å²) in [6.07, 6.45) is 0. The number of rotatable bonds is 4. The number of amides is 1. The smallest absolute Gasteiger partial charge is 0.255 e. The fraction of sp³-hybridized carbons (Fsp3) is 0.316. The minimum atomic E-state index is -3.76. The van der Waals surface area contributed by atoms with Gasteiger partial charge in [-0.15, -0.1) is 0 Å². The first-order valence-corrected chi connectivity index (χ1v) is 10.5. The van der Waals surface area contributed by atoms with Gasteiger partial charge in [0.25, 0.3) is 5.91 Å². The van der Waals surface area contributed by atoms with Crippen molar-refractivity contribution in [1.82, 2.24) is 9.21 Å². The van der Waals surface area contributed by atoms with Crippen LogP contribution in [0.3, 0.4) is 0 Å². The summed E-state index contributed by atoms with van der Waals surface area (Å²) < 4.78 is 27.4. The van der Waals surface area contributed by atoms with Crippen molar-refractivity contribution >= 4 is 33.2 Å². The van der Waals surface area contributed by atoms with Gasteiger partial charge in [0.2, 0.25) is 10.0 Å². The van der Waals surface area contributed by atoms with Gasteiger partial charge >= 0.3 is 0 Å². The SMILES string of the molecule is Cc1ccccc1NC(=O)c1ccc(Cl)c(S(=O)(=O)N2CCN(C)CC2)c1. The zero-order valence-corrected chi connectivity index (χ0v) is 16.8. The van der Waals surface area contributed by atoms with E-state index in [1.54, 1.807) is 6.07 Å². The van der Waals surface area contributed by atoms with Gasteiger partial charge in [-0.3, -0.25) is 4.79 Å². The highest BCUT2D eigenvalue weighted by atomic mass is 35.5. The largest absolute Gasteiger partial charge is 0.322 e. The second-order valence-corrected chi connectivity index (χ2v) is 8.94. The Morgan fingerprint density at radius 3 is 2.41 bits per heavy atom. The lowest BCUT2D eigenvalue weighted by molar-refractivity contribution is 0.102. The van der Waals surface area contributed by atoms with Gasteiger partial charge in [-0.2, -0.15) is 4.31 Å². The van der Waals surface area contributed by atoms with Crippen molar-refractivity contribution < 1.29 is 13.2 Å². The number of hydrogen-bond acceptors (Lipinski definition) is 4. The Hall–Kier alpha value is -1.93. The van der Waals surface area contributed by atoms with Crippen LogP contribution in [-0.4, -0.2) is 56.8 Å². The topological polar surface area (TPSA) is 69.7 Å². The Balaban J connectivity index is 1.88. The number of halogens is 1. The average molecular weight is 408 g/mol. The van der Waals surface area contributed by atoms with E-state index in [4.69, 9.17) is 11.6 Å². The number of aryl methyl sites for hydroxylation is 1. The van der Waals surface area contributed by atoms with E-state index < -0.39 is 10.0 Å². The zero-order chi connectivity index (χ0) is 19.6. The van der Waals surface area contributed by atoms with Crippen molar-refractivity contribution in [2.45, 2.75) is 11.8 Å². The van der Waals surface area contributed by atoms with E-state index in [1.165, 1.54) is 22.5 Å². The minimum Gasteiger partial charge on any atom is -0.322 e. The van der Waals surface area contributed by atoms with Crippen molar-refractivity contribution in [3.05, 3.63) is 58.6 Å². The van der Waals surface area contributed by atoms with Gasteiger partial charge in [-0.1, -0.05) is 29.8 Å². The average Bonchev–Trinajstić information content (AvgIpc) is 2.64. The van der Waals surface area contributed by atoms with Crippen LogP contribution in [0.4, 0.5) is 5.69 Å². The van der Waals surface area contributed by atoms with E-state index in [1.807, 2.05) is 32.2 Å². The molecule has 1 amide bonds. The van der Waals surface area contributed by atoms with Crippen LogP contribution in [0.15, 0.2) is 47.4 Å². The third-order valence-electron chi connectivity index (χ3n) is 4.67. The number of nitrogens with one attached hydrogen (secondary N) is 1. The lowest BCUT2D eigenvalue weighted by atomic mass is 10.1. The molecule has 144 valence electrons. The van der Waals surface area contributed by atoms with Crippen molar-refractivity contribution in [2.24, 2.45) is 0 Å². The highest BCUT2D eigenvalue weighted by Crippen LogP contribution is 2.27. The van der Waals surface area contributed by atoms with Gasteiger partial charge in [0.15, 0.2) is 0 Å². The number of anilines is 1. The van der Waals surface area contributed by atoms with Crippen LogP contribution in [0, 0.1) is 6.92 Å². The molecule has 0 unspecified atom stereocenters. The third kappa shape index (κ3) is 4.32. The molecule has 0 bridgehead atoms. The molecule has 27 heavy (non-hydrogen) atoms. The second-order valence-electron chi connectivity index (χ2n) is 6.62. The van der Waals surface area contributed by atoms with E-state index in [0.29, 0.717) is 31.9 Å². The number of likely N-dealkylation sites (N-methyl/N-ethyl adjacent to an activating group) is 1. The summed E-state index contributed by atoms with van der Waals surface area (Å²) >= 11 is 6.17. The molecule has 2 aromatic rings. The molecule has 0 aromatic heterocycles. The highest BCUT2D eigenvalue weighted by Gasteiger charge is 2.30. The summed E-state index contributed by atoms with van der Waals surface area (Å²) in [5, 5.41) is 2.93. The van der Waals surface area contributed by atoms with E-state index >= 15 is 0 Å². The van der Waals surface area contributed by atoms with Gasteiger partial charge in [-0.05, 0) is 43.8 Å². The summed E-state index contributed by atoms with van der Waals surface area (Å²) in [6, 6.07) is 11.7. The lowest BCUT2D eigenvalue weighted by Gasteiger charge is -2.31. The number of piperazine rings is 1. The Labute approximate surface area is 164 Å². The molecule has 1 heterocycles. The maximum Gasteiger partial charge on any atom is 0.255 e.